The lowest BCUT2D eigenvalue weighted by Gasteiger charge is -2.23. The normalized spacial score (nSPS) is 13.8. The summed E-state index contributed by atoms with van der Waals surface area (Å²) in [4.78, 5) is 24.6. The van der Waals surface area contributed by atoms with Gasteiger partial charge >= 0.3 is 12.1 Å². The Morgan fingerprint density at radius 1 is 1.50 bits per heavy atom. The number of nitrogens with zero attached hydrogens (tertiary/aromatic N) is 3. The third kappa shape index (κ3) is 9.95. The van der Waals surface area contributed by atoms with Gasteiger partial charge in [-0.2, -0.15) is 0 Å². The first-order valence-electron chi connectivity index (χ1n) is 6.00. The van der Waals surface area contributed by atoms with Crippen LogP contribution in [0.2, 0.25) is 0 Å². The highest BCUT2D eigenvalue weighted by atomic mass is 19.1. The molecule has 2 atom stereocenters. The van der Waals surface area contributed by atoms with Crippen LogP contribution in [-0.2, 0) is 9.53 Å². The van der Waals surface area contributed by atoms with Crippen LogP contribution in [0.3, 0.4) is 0 Å². The van der Waals surface area contributed by atoms with Gasteiger partial charge in [0.05, 0.1) is 13.0 Å². The van der Waals surface area contributed by atoms with E-state index in [0.29, 0.717) is 0 Å². The van der Waals surface area contributed by atoms with Crippen LogP contribution in [-0.4, -0.2) is 41.5 Å². The van der Waals surface area contributed by atoms with Crippen molar-refractivity contribution in [3.05, 3.63) is 10.4 Å². The molecule has 0 aliphatic heterocycles. The molecule has 0 aliphatic rings. The molecule has 1 amide bonds. The molecule has 0 aromatic rings. The van der Waals surface area contributed by atoms with E-state index < -0.39 is 42.8 Å². The Bertz CT molecular complexity index is 390. The zero-order valence-corrected chi connectivity index (χ0v) is 11.7. The van der Waals surface area contributed by atoms with Crippen LogP contribution in [0.15, 0.2) is 5.11 Å². The van der Waals surface area contributed by atoms with Crippen molar-refractivity contribution in [2.45, 2.75) is 51.4 Å². The number of carboxylic acids is 1. The van der Waals surface area contributed by atoms with E-state index in [1.165, 1.54) is 0 Å². The zero-order chi connectivity index (χ0) is 15.8. The first-order chi connectivity index (χ1) is 9.14. The van der Waals surface area contributed by atoms with Gasteiger partial charge in [-0.3, -0.25) is 4.79 Å². The summed E-state index contributed by atoms with van der Waals surface area (Å²) in [6.07, 6.45) is -3.08. The molecule has 0 unspecified atom stereocenters. The maximum atomic E-state index is 13.4. The number of alkyl halides is 1. The van der Waals surface area contributed by atoms with Crippen LogP contribution in [0.4, 0.5) is 9.18 Å². The first kappa shape index (κ1) is 18.0. The molecule has 8 nitrogen and oxygen atoms in total. The third-order valence-electron chi connectivity index (χ3n) is 2.03. The van der Waals surface area contributed by atoms with Gasteiger partial charge in [0.2, 0.25) is 0 Å². The van der Waals surface area contributed by atoms with E-state index in [9.17, 15) is 14.0 Å². The Morgan fingerprint density at radius 2 is 2.10 bits per heavy atom. The number of nitrogens with one attached hydrogen (secondary N) is 1. The highest BCUT2D eigenvalue weighted by molar-refractivity contribution is 5.71. The molecule has 0 bridgehead atoms. The summed E-state index contributed by atoms with van der Waals surface area (Å²) < 4.78 is 18.4. The van der Waals surface area contributed by atoms with E-state index in [2.05, 4.69) is 15.3 Å². The summed E-state index contributed by atoms with van der Waals surface area (Å²) in [5.74, 6) is -1.18. The molecule has 0 heterocycles. The van der Waals surface area contributed by atoms with Crippen molar-refractivity contribution in [2.24, 2.45) is 5.11 Å². The number of amides is 1. The molecule has 114 valence electrons. The number of azide groups is 1. The van der Waals surface area contributed by atoms with Gasteiger partial charge in [0.25, 0.3) is 0 Å². The van der Waals surface area contributed by atoms with Crippen LogP contribution in [0.1, 0.15) is 33.6 Å². The van der Waals surface area contributed by atoms with Crippen LogP contribution >= 0.6 is 0 Å². The minimum absolute atomic E-state index is 0.273. The van der Waals surface area contributed by atoms with Gasteiger partial charge in [-0.05, 0) is 32.7 Å². The number of carboxylic acid groups (broad SMARTS) is 1. The molecular weight excluding hydrogens is 271 g/mol. The number of hydrogen-bond donors (Lipinski definition) is 2. The quantitative estimate of drug-likeness (QED) is 0.424. The molecule has 9 heteroatoms. The summed E-state index contributed by atoms with van der Waals surface area (Å²) in [6, 6.07) is -0.939. The minimum Gasteiger partial charge on any atom is -0.481 e. The monoisotopic (exact) mass is 290 g/mol. The molecule has 0 aromatic carbocycles. The van der Waals surface area contributed by atoms with Gasteiger partial charge in [0.15, 0.2) is 0 Å². The lowest BCUT2D eigenvalue weighted by molar-refractivity contribution is -0.137. The molecule has 0 aromatic heterocycles. The zero-order valence-electron chi connectivity index (χ0n) is 11.7. The molecule has 20 heavy (non-hydrogen) atoms. The lowest BCUT2D eigenvalue weighted by Crippen LogP contribution is -2.41. The standard InChI is InChI=1S/C11H19FN4O4/c1-11(2,3)20-10(19)15-8(5-9(17)18)4-7(12)6-14-16-13/h7-8H,4-6H2,1-3H3,(H,15,19)(H,17,18)/t7-,8+/m1/s1. The average Bonchev–Trinajstić information content (AvgIpc) is 2.22. The second kappa shape index (κ2) is 8.21. The van der Waals surface area contributed by atoms with E-state index in [4.69, 9.17) is 15.4 Å². The molecular formula is C11H19FN4O4. The number of rotatable bonds is 7. The van der Waals surface area contributed by atoms with E-state index in [1.54, 1.807) is 20.8 Å². The molecule has 0 aliphatic carbocycles. The van der Waals surface area contributed by atoms with Crippen molar-refractivity contribution in [1.29, 1.82) is 0 Å². The van der Waals surface area contributed by atoms with Gasteiger partial charge in [0, 0.05) is 11.0 Å². The van der Waals surface area contributed by atoms with Crippen molar-refractivity contribution in [3.8, 4) is 0 Å². The average molecular weight is 290 g/mol. The van der Waals surface area contributed by atoms with Crippen molar-refractivity contribution >= 4 is 12.1 Å². The molecule has 0 spiro atoms. The maximum Gasteiger partial charge on any atom is 0.407 e. The first-order valence-corrected chi connectivity index (χ1v) is 6.00. The van der Waals surface area contributed by atoms with Crippen LogP contribution in [0.5, 0.6) is 0 Å². The van der Waals surface area contributed by atoms with Crippen LogP contribution in [0.25, 0.3) is 10.4 Å². The molecule has 0 saturated heterocycles. The summed E-state index contributed by atoms with van der Waals surface area (Å²) in [6.45, 7) is 4.54. The number of halogens is 1. The minimum atomic E-state index is -1.54. The Balaban J connectivity index is 4.51. The van der Waals surface area contributed by atoms with Crippen molar-refractivity contribution in [3.63, 3.8) is 0 Å². The van der Waals surface area contributed by atoms with Crippen molar-refractivity contribution in [1.82, 2.24) is 5.32 Å². The lowest BCUT2D eigenvalue weighted by atomic mass is 10.1. The fourth-order valence-electron chi connectivity index (χ4n) is 1.39. The van der Waals surface area contributed by atoms with Crippen LogP contribution in [0, 0.1) is 0 Å². The Labute approximate surface area is 115 Å². The highest BCUT2D eigenvalue weighted by Crippen LogP contribution is 2.10. The molecule has 0 rings (SSSR count). The molecule has 0 radical (unpaired) electrons. The highest BCUT2D eigenvalue weighted by Gasteiger charge is 2.23. The number of carbonyl (C=O) groups excluding carboxylic acids is 1. The number of hydrogen-bond acceptors (Lipinski definition) is 4. The second-order valence-corrected chi connectivity index (χ2v) is 5.19. The summed E-state index contributed by atoms with van der Waals surface area (Å²) in [7, 11) is 0. The second-order valence-electron chi connectivity index (χ2n) is 5.19. The number of ether oxygens (including phenoxy) is 1. The van der Waals surface area contributed by atoms with Crippen molar-refractivity contribution < 1.29 is 23.8 Å². The maximum absolute atomic E-state index is 13.4. The molecule has 2 N–H and O–H groups in total. The number of alkyl carbamates (subject to hydrolysis) is 1. The fourth-order valence-corrected chi connectivity index (χ4v) is 1.39. The summed E-state index contributed by atoms with van der Waals surface area (Å²) in [5, 5.41) is 14.1. The molecule has 0 fully saturated rings. The summed E-state index contributed by atoms with van der Waals surface area (Å²) in [5.41, 5.74) is 7.34. The SMILES string of the molecule is CC(C)(C)OC(=O)N[C@H](CC(=O)O)C[C@@H](F)CN=[N+]=[N-]. The Kier molecular flexibility index (Phi) is 7.38. The van der Waals surface area contributed by atoms with E-state index >= 15 is 0 Å². The Morgan fingerprint density at radius 3 is 2.55 bits per heavy atom. The van der Waals surface area contributed by atoms with E-state index in [0.717, 1.165) is 0 Å². The van der Waals surface area contributed by atoms with Crippen LogP contribution < -0.4 is 5.32 Å². The topological polar surface area (TPSA) is 124 Å². The third-order valence-corrected chi connectivity index (χ3v) is 2.03. The largest absolute Gasteiger partial charge is 0.481 e. The summed E-state index contributed by atoms with van der Waals surface area (Å²) >= 11 is 0. The van der Waals surface area contributed by atoms with Gasteiger partial charge in [-0.1, -0.05) is 5.11 Å². The van der Waals surface area contributed by atoms with Gasteiger partial charge in [-0.15, -0.1) is 0 Å². The van der Waals surface area contributed by atoms with Gasteiger partial charge < -0.3 is 15.2 Å². The predicted molar refractivity (Wildman–Crippen MR) is 68.9 cm³/mol. The number of carbonyl (C=O) groups is 2. The number of aliphatic carboxylic acids is 1. The predicted octanol–water partition coefficient (Wildman–Crippen LogP) is 2.39. The van der Waals surface area contributed by atoms with Crippen molar-refractivity contribution in [2.75, 3.05) is 6.54 Å². The van der Waals surface area contributed by atoms with Gasteiger partial charge in [0.1, 0.15) is 11.8 Å². The van der Waals surface area contributed by atoms with E-state index in [-0.39, 0.29) is 6.42 Å². The smallest absolute Gasteiger partial charge is 0.407 e. The fraction of sp³-hybridized carbons (Fsp3) is 0.818. The Hall–Kier alpha value is -2.02. The van der Waals surface area contributed by atoms with E-state index in [1.807, 2.05) is 0 Å². The molecule has 0 saturated carbocycles. The van der Waals surface area contributed by atoms with Gasteiger partial charge in [-0.25, -0.2) is 9.18 Å².